The Morgan fingerprint density at radius 2 is 2.00 bits per heavy atom. The smallest absolute Gasteiger partial charge is 0.107 e. The summed E-state index contributed by atoms with van der Waals surface area (Å²) in [7, 11) is 0. The monoisotopic (exact) mass is 343 g/mol. The molecule has 21 heavy (non-hydrogen) atoms. The van der Waals surface area contributed by atoms with E-state index in [-0.39, 0.29) is 6.04 Å². The normalized spacial score (nSPS) is 12.7. The lowest BCUT2D eigenvalue weighted by atomic mass is 10.0. The summed E-state index contributed by atoms with van der Waals surface area (Å²) in [6.07, 6.45) is 1.73. The summed E-state index contributed by atoms with van der Waals surface area (Å²) in [5, 5.41) is 0. The maximum Gasteiger partial charge on any atom is 0.107 e. The van der Waals surface area contributed by atoms with Crippen molar-refractivity contribution in [3.8, 4) is 0 Å². The number of H-pyrrole nitrogens is 1. The summed E-state index contributed by atoms with van der Waals surface area (Å²) >= 11 is 3.52. The van der Waals surface area contributed by atoms with Gasteiger partial charge in [-0.1, -0.05) is 46.3 Å². The molecular formula is C17H18BrN3. The summed E-state index contributed by atoms with van der Waals surface area (Å²) < 4.78 is 1.07. The van der Waals surface area contributed by atoms with Crippen molar-refractivity contribution < 1.29 is 0 Å². The van der Waals surface area contributed by atoms with Crippen LogP contribution in [0.5, 0.6) is 0 Å². The number of rotatable bonds is 4. The molecule has 1 aromatic heterocycles. The van der Waals surface area contributed by atoms with Crippen molar-refractivity contribution in [2.45, 2.75) is 25.8 Å². The van der Waals surface area contributed by atoms with Crippen molar-refractivity contribution in [2.75, 3.05) is 0 Å². The molecule has 3 nitrogen and oxygen atoms in total. The Morgan fingerprint density at radius 3 is 2.76 bits per heavy atom. The highest BCUT2D eigenvalue weighted by Gasteiger charge is 2.10. The molecule has 108 valence electrons. The van der Waals surface area contributed by atoms with Gasteiger partial charge in [-0.25, -0.2) is 4.98 Å². The van der Waals surface area contributed by atoms with E-state index in [0.717, 1.165) is 34.2 Å². The van der Waals surface area contributed by atoms with Crippen LogP contribution in [0.25, 0.3) is 11.0 Å². The second-order valence-corrected chi connectivity index (χ2v) is 6.27. The largest absolute Gasteiger partial charge is 0.342 e. The van der Waals surface area contributed by atoms with Crippen molar-refractivity contribution in [2.24, 2.45) is 5.73 Å². The molecule has 1 unspecified atom stereocenters. The minimum atomic E-state index is 0.0484. The molecule has 0 aliphatic heterocycles. The van der Waals surface area contributed by atoms with Gasteiger partial charge in [0.2, 0.25) is 0 Å². The van der Waals surface area contributed by atoms with Crippen molar-refractivity contribution >= 4 is 27.0 Å². The van der Waals surface area contributed by atoms with E-state index in [0.29, 0.717) is 0 Å². The molecule has 1 heterocycles. The Hall–Kier alpha value is -1.65. The van der Waals surface area contributed by atoms with Gasteiger partial charge in [-0.3, -0.25) is 0 Å². The van der Waals surface area contributed by atoms with Gasteiger partial charge in [0.15, 0.2) is 0 Å². The van der Waals surface area contributed by atoms with Crippen LogP contribution in [0.3, 0.4) is 0 Å². The lowest BCUT2D eigenvalue weighted by Crippen LogP contribution is -2.11. The van der Waals surface area contributed by atoms with Gasteiger partial charge in [0.25, 0.3) is 0 Å². The van der Waals surface area contributed by atoms with E-state index in [2.05, 4.69) is 57.1 Å². The number of fused-ring (bicyclic) bond motifs is 1. The standard InChI is InChI=1S/C17H18BrN3/c1-11-9-13(18)10-15-17(11)21-16(20-15)8-7-14(19)12-5-3-2-4-6-12/h2-6,9-10,14H,7-8,19H2,1H3,(H,20,21). The molecule has 2 aromatic carbocycles. The second-order valence-electron chi connectivity index (χ2n) is 5.36. The Bertz CT molecular complexity index is 749. The van der Waals surface area contributed by atoms with Crippen LogP contribution in [0, 0.1) is 6.92 Å². The van der Waals surface area contributed by atoms with Gasteiger partial charge in [-0.2, -0.15) is 0 Å². The lowest BCUT2D eigenvalue weighted by Gasteiger charge is -2.10. The Morgan fingerprint density at radius 1 is 1.24 bits per heavy atom. The molecule has 0 saturated carbocycles. The zero-order valence-corrected chi connectivity index (χ0v) is 13.5. The fourth-order valence-corrected chi connectivity index (χ4v) is 3.15. The summed E-state index contributed by atoms with van der Waals surface area (Å²) in [6, 6.07) is 14.4. The SMILES string of the molecule is Cc1cc(Br)cc2[nH]c(CCC(N)c3ccccc3)nc12. The van der Waals surface area contributed by atoms with Crippen molar-refractivity contribution in [3.63, 3.8) is 0 Å². The van der Waals surface area contributed by atoms with Crippen LogP contribution in [0.1, 0.15) is 29.4 Å². The molecule has 3 N–H and O–H groups in total. The van der Waals surface area contributed by atoms with Crippen LogP contribution in [0.2, 0.25) is 0 Å². The fraction of sp³-hybridized carbons (Fsp3) is 0.235. The van der Waals surface area contributed by atoms with E-state index in [1.165, 1.54) is 11.1 Å². The van der Waals surface area contributed by atoms with Gasteiger partial charge in [0.1, 0.15) is 5.82 Å². The number of halogens is 1. The average molecular weight is 344 g/mol. The van der Waals surface area contributed by atoms with Crippen molar-refractivity contribution in [3.05, 3.63) is 63.9 Å². The van der Waals surface area contributed by atoms with Gasteiger partial charge in [-0.05, 0) is 36.6 Å². The second kappa shape index (κ2) is 6.00. The first-order valence-electron chi connectivity index (χ1n) is 7.09. The molecule has 0 spiro atoms. The first kappa shape index (κ1) is 14.3. The molecular weight excluding hydrogens is 326 g/mol. The van der Waals surface area contributed by atoms with Crippen LogP contribution < -0.4 is 5.73 Å². The number of aromatic amines is 1. The highest BCUT2D eigenvalue weighted by molar-refractivity contribution is 9.10. The predicted octanol–water partition coefficient (Wildman–Crippen LogP) is 4.27. The van der Waals surface area contributed by atoms with Crippen molar-refractivity contribution in [1.82, 2.24) is 9.97 Å². The fourth-order valence-electron chi connectivity index (χ4n) is 2.58. The molecule has 0 radical (unpaired) electrons. The Kier molecular flexibility index (Phi) is 4.08. The third-order valence-corrected chi connectivity index (χ3v) is 4.17. The third kappa shape index (κ3) is 3.17. The maximum atomic E-state index is 6.24. The van der Waals surface area contributed by atoms with Gasteiger partial charge in [0, 0.05) is 16.9 Å². The van der Waals surface area contributed by atoms with Crippen LogP contribution in [-0.4, -0.2) is 9.97 Å². The predicted molar refractivity (Wildman–Crippen MR) is 90.2 cm³/mol. The lowest BCUT2D eigenvalue weighted by molar-refractivity contribution is 0.639. The molecule has 0 aliphatic carbocycles. The number of hydrogen-bond donors (Lipinski definition) is 2. The summed E-state index contributed by atoms with van der Waals surface area (Å²) in [6.45, 7) is 2.08. The average Bonchev–Trinajstić information content (AvgIpc) is 2.89. The molecule has 3 rings (SSSR count). The Balaban J connectivity index is 1.75. The summed E-state index contributed by atoms with van der Waals surface area (Å²) in [4.78, 5) is 8.07. The molecule has 0 saturated heterocycles. The molecule has 0 aliphatic rings. The number of imidazole rings is 1. The molecule has 1 atom stereocenters. The molecule has 3 aromatic rings. The van der Waals surface area contributed by atoms with Gasteiger partial charge in [0.05, 0.1) is 11.0 Å². The van der Waals surface area contributed by atoms with E-state index in [4.69, 9.17) is 5.73 Å². The number of aryl methyl sites for hydroxylation is 2. The van der Waals surface area contributed by atoms with Crippen LogP contribution >= 0.6 is 15.9 Å². The number of nitrogens with zero attached hydrogens (tertiary/aromatic N) is 1. The maximum absolute atomic E-state index is 6.24. The van der Waals surface area contributed by atoms with Crippen LogP contribution in [0.15, 0.2) is 46.9 Å². The zero-order valence-electron chi connectivity index (χ0n) is 11.9. The number of hydrogen-bond acceptors (Lipinski definition) is 2. The summed E-state index contributed by atoms with van der Waals surface area (Å²) in [5.41, 5.74) is 10.7. The molecule has 0 bridgehead atoms. The highest BCUT2D eigenvalue weighted by Crippen LogP contribution is 2.23. The van der Waals surface area contributed by atoms with E-state index in [9.17, 15) is 0 Å². The van der Waals surface area contributed by atoms with E-state index in [1.807, 2.05) is 18.2 Å². The number of nitrogens with two attached hydrogens (primary N) is 1. The quantitative estimate of drug-likeness (QED) is 0.743. The summed E-state index contributed by atoms with van der Waals surface area (Å²) in [5.74, 6) is 0.998. The first-order chi connectivity index (χ1) is 10.1. The minimum Gasteiger partial charge on any atom is -0.342 e. The molecule has 4 heteroatoms. The van der Waals surface area contributed by atoms with Gasteiger partial charge >= 0.3 is 0 Å². The number of nitrogens with one attached hydrogen (secondary N) is 1. The minimum absolute atomic E-state index is 0.0484. The van der Waals surface area contributed by atoms with Crippen molar-refractivity contribution in [1.29, 1.82) is 0 Å². The van der Waals surface area contributed by atoms with E-state index >= 15 is 0 Å². The van der Waals surface area contributed by atoms with Gasteiger partial charge < -0.3 is 10.7 Å². The highest BCUT2D eigenvalue weighted by atomic mass is 79.9. The number of aromatic nitrogens is 2. The number of benzene rings is 2. The van der Waals surface area contributed by atoms with Crippen LogP contribution in [-0.2, 0) is 6.42 Å². The zero-order chi connectivity index (χ0) is 14.8. The topological polar surface area (TPSA) is 54.7 Å². The van der Waals surface area contributed by atoms with Crippen LogP contribution in [0.4, 0.5) is 0 Å². The van der Waals surface area contributed by atoms with Gasteiger partial charge in [-0.15, -0.1) is 0 Å². The molecule has 0 amide bonds. The van der Waals surface area contributed by atoms with E-state index in [1.54, 1.807) is 0 Å². The third-order valence-electron chi connectivity index (χ3n) is 3.71. The first-order valence-corrected chi connectivity index (χ1v) is 7.88. The Labute approximate surface area is 132 Å². The molecule has 0 fully saturated rings. The van der Waals surface area contributed by atoms with E-state index < -0.39 is 0 Å².